The molecule has 0 spiro atoms. The number of Topliss-reactive ketones (excluding diaryl/α,β-unsaturated/α-hetero) is 2. The van der Waals surface area contributed by atoms with Crippen LogP contribution < -0.4 is 9.67 Å². The second-order valence-corrected chi connectivity index (χ2v) is 5.38. The molecule has 1 saturated carbocycles. The highest BCUT2D eigenvalue weighted by atomic mass is 16.3. The molecule has 1 aliphatic rings. The predicted octanol–water partition coefficient (Wildman–Crippen LogP) is -0.307. The highest BCUT2D eigenvalue weighted by Gasteiger charge is 2.48. The molecular weight excluding hydrogens is 218 g/mol. The minimum absolute atomic E-state index is 0.0232. The zero-order chi connectivity index (χ0) is 12.8. The minimum atomic E-state index is -1.44. The van der Waals surface area contributed by atoms with Gasteiger partial charge in [-0.25, -0.2) is 0 Å². The smallest absolute Gasteiger partial charge is 0.264 e. The average Bonchev–Trinajstić information content (AvgIpc) is 2.28. The van der Waals surface area contributed by atoms with Gasteiger partial charge in [-0.1, -0.05) is 20.8 Å². The summed E-state index contributed by atoms with van der Waals surface area (Å²) in [6.07, 6.45) is 1.95. The van der Waals surface area contributed by atoms with Crippen molar-refractivity contribution in [3.05, 3.63) is 30.1 Å². The summed E-state index contributed by atoms with van der Waals surface area (Å²) in [6, 6.07) is 2.91. The van der Waals surface area contributed by atoms with Gasteiger partial charge in [0.25, 0.3) is 5.78 Å². The Hall–Kier alpha value is -1.55. The van der Waals surface area contributed by atoms with Gasteiger partial charge < -0.3 is 5.11 Å². The lowest BCUT2D eigenvalue weighted by Crippen LogP contribution is -2.68. The van der Waals surface area contributed by atoms with Gasteiger partial charge >= 0.3 is 0 Å². The lowest BCUT2D eigenvalue weighted by molar-refractivity contribution is -0.734. The summed E-state index contributed by atoms with van der Waals surface area (Å²) in [5, 5.41) is 11.3. The van der Waals surface area contributed by atoms with Crippen molar-refractivity contribution in [3.63, 3.8) is 0 Å². The predicted molar refractivity (Wildman–Crippen MR) is 58.2 cm³/mol. The maximum atomic E-state index is 11.3. The number of hydrogen-bond donors (Lipinski definition) is 0. The van der Waals surface area contributed by atoms with E-state index in [1.54, 1.807) is 12.4 Å². The molecule has 0 aromatic carbocycles. The Balaban J connectivity index is 2.25. The second kappa shape index (κ2) is 3.74. The van der Waals surface area contributed by atoms with E-state index in [2.05, 4.69) is 20.8 Å². The first-order valence-corrected chi connectivity index (χ1v) is 5.57. The van der Waals surface area contributed by atoms with Crippen molar-refractivity contribution in [1.82, 2.24) is 0 Å². The Morgan fingerprint density at radius 3 is 2.06 bits per heavy atom. The fourth-order valence-corrected chi connectivity index (χ4v) is 1.89. The van der Waals surface area contributed by atoms with Gasteiger partial charge in [-0.05, 0) is 11.0 Å². The molecule has 4 nitrogen and oxygen atoms in total. The van der Waals surface area contributed by atoms with Crippen molar-refractivity contribution < 1.29 is 19.3 Å². The third-order valence-electron chi connectivity index (χ3n) is 3.10. The first-order valence-electron chi connectivity index (χ1n) is 5.57. The Bertz CT molecular complexity index is 470. The summed E-state index contributed by atoms with van der Waals surface area (Å²) < 4.78 is 1.52. The fourth-order valence-electron chi connectivity index (χ4n) is 1.89. The average molecular weight is 233 g/mol. The van der Waals surface area contributed by atoms with Crippen LogP contribution in [0.5, 0.6) is 0 Å². The molecule has 1 heterocycles. The van der Waals surface area contributed by atoms with E-state index in [-0.39, 0.29) is 5.41 Å². The van der Waals surface area contributed by atoms with Crippen molar-refractivity contribution in [2.24, 2.45) is 0 Å². The maximum Gasteiger partial charge on any atom is 0.264 e. The lowest BCUT2D eigenvalue weighted by Gasteiger charge is -2.33. The first-order chi connectivity index (χ1) is 7.82. The van der Waals surface area contributed by atoms with Crippen molar-refractivity contribution in [1.29, 1.82) is 0 Å². The molecule has 1 aromatic rings. The van der Waals surface area contributed by atoms with E-state index in [0.29, 0.717) is 0 Å². The van der Waals surface area contributed by atoms with Gasteiger partial charge in [0, 0.05) is 18.2 Å². The second-order valence-electron chi connectivity index (χ2n) is 5.38. The molecule has 0 radical (unpaired) electrons. The first kappa shape index (κ1) is 11.9. The number of carbonyl (C=O) groups excluding carboxylic acids is 2. The molecule has 17 heavy (non-hydrogen) atoms. The molecule has 0 amide bonds. The molecule has 1 aromatic heterocycles. The summed E-state index contributed by atoms with van der Waals surface area (Å²) in [6.45, 7) is 6.25. The lowest BCUT2D eigenvalue weighted by atomic mass is 9.84. The number of nitrogens with zero attached hydrogens (tertiary/aromatic N) is 1. The van der Waals surface area contributed by atoms with Crippen LogP contribution in [-0.4, -0.2) is 17.7 Å². The van der Waals surface area contributed by atoms with Crippen molar-refractivity contribution in [2.45, 2.75) is 38.3 Å². The highest BCUT2D eigenvalue weighted by molar-refractivity contribution is 6.46. The largest absolute Gasteiger partial charge is 0.841 e. The van der Waals surface area contributed by atoms with Gasteiger partial charge in [0.1, 0.15) is 0 Å². The van der Waals surface area contributed by atoms with E-state index in [4.69, 9.17) is 0 Å². The van der Waals surface area contributed by atoms with Crippen LogP contribution in [0.4, 0.5) is 0 Å². The molecule has 90 valence electrons. The number of aromatic nitrogens is 1. The molecule has 0 saturated heterocycles. The molecule has 0 aliphatic heterocycles. The molecule has 2 atom stereocenters. The standard InChI is InChI=1S/C13H15NO3/c1-13(2,3)8-4-6-14(7-5-8)9-10(15)12(17)11(9)16/h4-7,9-10H,1-3H3. The topological polar surface area (TPSA) is 61.1 Å². The number of rotatable bonds is 1. The summed E-state index contributed by atoms with van der Waals surface area (Å²) in [4.78, 5) is 22.2. The van der Waals surface area contributed by atoms with Crippen molar-refractivity contribution in [2.75, 3.05) is 0 Å². The minimum Gasteiger partial charge on any atom is -0.841 e. The van der Waals surface area contributed by atoms with Crippen LogP contribution in [0.15, 0.2) is 24.5 Å². The third-order valence-corrected chi connectivity index (χ3v) is 3.10. The molecular formula is C13H15NO3. The van der Waals surface area contributed by atoms with Gasteiger partial charge in [-0.2, -0.15) is 4.57 Å². The molecule has 1 aliphatic carbocycles. The van der Waals surface area contributed by atoms with E-state index in [1.807, 2.05) is 12.1 Å². The highest BCUT2D eigenvalue weighted by Crippen LogP contribution is 2.22. The summed E-state index contributed by atoms with van der Waals surface area (Å²) in [5.41, 5.74) is 1.14. The molecule has 1 fully saturated rings. The van der Waals surface area contributed by atoms with E-state index < -0.39 is 23.7 Å². The fraction of sp³-hybridized carbons (Fsp3) is 0.462. The number of ketones is 2. The Morgan fingerprint density at radius 1 is 1.12 bits per heavy atom. The van der Waals surface area contributed by atoms with Gasteiger partial charge in [-0.15, -0.1) is 0 Å². The van der Waals surface area contributed by atoms with Crippen LogP contribution in [0, 0.1) is 0 Å². The Kier molecular flexibility index (Phi) is 2.62. The van der Waals surface area contributed by atoms with Crippen LogP contribution in [0.2, 0.25) is 0 Å². The van der Waals surface area contributed by atoms with Crippen molar-refractivity contribution in [3.8, 4) is 0 Å². The van der Waals surface area contributed by atoms with Gasteiger partial charge in [-0.3, -0.25) is 9.59 Å². The zero-order valence-corrected chi connectivity index (χ0v) is 10.1. The Morgan fingerprint density at radius 2 is 1.65 bits per heavy atom. The maximum absolute atomic E-state index is 11.3. The zero-order valence-electron chi connectivity index (χ0n) is 10.1. The Labute approximate surface area is 99.9 Å². The van der Waals surface area contributed by atoms with Crippen LogP contribution >= 0.6 is 0 Å². The summed E-state index contributed by atoms with van der Waals surface area (Å²) >= 11 is 0. The third kappa shape index (κ3) is 1.89. The van der Waals surface area contributed by atoms with E-state index >= 15 is 0 Å². The quantitative estimate of drug-likeness (QED) is 0.494. The number of hydrogen-bond acceptors (Lipinski definition) is 3. The molecule has 2 unspecified atom stereocenters. The van der Waals surface area contributed by atoms with Crippen molar-refractivity contribution >= 4 is 11.6 Å². The summed E-state index contributed by atoms with van der Waals surface area (Å²) in [7, 11) is 0. The molecule has 0 N–H and O–H groups in total. The number of pyridine rings is 1. The molecule has 4 heteroatoms. The van der Waals surface area contributed by atoms with Crippen LogP contribution in [0.3, 0.4) is 0 Å². The van der Waals surface area contributed by atoms with Gasteiger partial charge in [0.15, 0.2) is 18.2 Å². The van der Waals surface area contributed by atoms with E-state index in [1.165, 1.54) is 4.57 Å². The van der Waals surface area contributed by atoms with Gasteiger partial charge in [0.2, 0.25) is 6.04 Å². The van der Waals surface area contributed by atoms with Crippen LogP contribution in [0.1, 0.15) is 32.4 Å². The van der Waals surface area contributed by atoms with Crippen LogP contribution in [0.25, 0.3) is 0 Å². The molecule has 2 rings (SSSR count). The monoisotopic (exact) mass is 233 g/mol. The van der Waals surface area contributed by atoms with Crippen LogP contribution in [-0.2, 0) is 15.0 Å². The van der Waals surface area contributed by atoms with E-state index in [0.717, 1.165) is 5.56 Å². The summed E-state index contributed by atoms with van der Waals surface area (Å²) in [5.74, 6) is -1.39. The molecule has 0 bridgehead atoms. The van der Waals surface area contributed by atoms with Gasteiger partial charge in [0.05, 0.1) is 0 Å². The SMILES string of the molecule is CC(C)(C)c1cc[n+](C2C(=O)C(=O)C2[O-])cc1. The normalized spacial score (nSPS) is 24.7. The van der Waals surface area contributed by atoms with E-state index in [9.17, 15) is 14.7 Å². The number of carbonyl (C=O) groups is 2.